The van der Waals surface area contributed by atoms with Crippen LogP contribution in [0.25, 0.3) is 0 Å². The molecular formula is C14H27N3O4S2. The number of thiol groups is 1. The van der Waals surface area contributed by atoms with Crippen molar-refractivity contribution in [2.45, 2.75) is 44.8 Å². The van der Waals surface area contributed by atoms with E-state index in [4.69, 9.17) is 5.73 Å². The lowest BCUT2D eigenvalue weighted by molar-refractivity contribution is -0.142. The van der Waals surface area contributed by atoms with Crippen molar-refractivity contribution in [2.24, 2.45) is 11.7 Å². The minimum atomic E-state index is -1.09. The normalized spacial score (nSPS) is 16.0. The maximum absolute atomic E-state index is 12.4. The number of thioether (sulfide) groups is 1. The third-order valence-electron chi connectivity index (χ3n) is 3.55. The fourth-order valence-electron chi connectivity index (χ4n) is 1.80. The van der Waals surface area contributed by atoms with E-state index in [1.54, 1.807) is 0 Å². The van der Waals surface area contributed by atoms with Crippen LogP contribution in [0.2, 0.25) is 0 Å². The molecular weight excluding hydrogens is 338 g/mol. The van der Waals surface area contributed by atoms with Gasteiger partial charge in [0.05, 0.1) is 6.04 Å². The van der Waals surface area contributed by atoms with Gasteiger partial charge in [0, 0.05) is 5.75 Å². The van der Waals surface area contributed by atoms with Crippen LogP contribution in [-0.4, -0.2) is 58.8 Å². The van der Waals surface area contributed by atoms with Gasteiger partial charge < -0.3 is 21.5 Å². The Morgan fingerprint density at radius 3 is 2.30 bits per heavy atom. The number of hydrogen-bond donors (Lipinski definition) is 5. The van der Waals surface area contributed by atoms with Gasteiger partial charge in [-0.15, -0.1) is 0 Å². The molecule has 0 aromatic heterocycles. The van der Waals surface area contributed by atoms with Gasteiger partial charge in [0.1, 0.15) is 12.1 Å². The van der Waals surface area contributed by atoms with Crippen LogP contribution in [0.3, 0.4) is 0 Å². The van der Waals surface area contributed by atoms with E-state index in [9.17, 15) is 19.5 Å². The number of carbonyl (C=O) groups excluding carboxylic acids is 2. The summed E-state index contributed by atoms with van der Waals surface area (Å²) in [7, 11) is 0. The van der Waals surface area contributed by atoms with Crippen molar-refractivity contribution in [1.29, 1.82) is 0 Å². The second-order valence-corrected chi connectivity index (χ2v) is 6.69. The highest BCUT2D eigenvalue weighted by Crippen LogP contribution is 2.10. The zero-order valence-corrected chi connectivity index (χ0v) is 15.5. The van der Waals surface area contributed by atoms with Gasteiger partial charge >= 0.3 is 5.97 Å². The average molecular weight is 366 g/mol. The van der Waals surface area contributed by atoms with E-state index in [2.05, 4.69) is 23.3 Å². The molecule has 0 heterocycles. The largest absolute Gasteiger partial charge is 0.480 e. The Bertz CT molecular complexity index is 409. The highest BCUT2D eigenvalue weighted by Gasteiger charge is 2.30. The monoisotopic (exact) mass is 365 g/mol. The lowest BCUT2D eigenvalue weighted by atomic mass is 9.97. The van der Waals surface area contributed by atoms with Gasteiger partial charge in [0.2, 0.25) is 11.8 Å². The van der Waals surface area contributed by atoms with Crippen LogP contribution >= 0.6 is 24.4 Å². The van der Waals surface area contributed by atoms with Crippen molar-refractivity contribution in [1.82, 2.24) is 10.6 Å². The summed E-state index contributed by atoms with van der Waals surface area (Å²) in [6.45, 7) is 3.70. The Hall–Kier alpha value is -0.930. The molecule has 0 bridgehead atoms. The van der Waals surface area contributed by atoms with Gasteiger partial charge in [-0.3, -0.25) is 9.59 Å². The number of carboxylic acids is 1. The molecule has 9 heteroatoms. The second-order valence-electron chi connectivity index (χ2n) is 5.34. The first kappa shape index (κ1) is 22.1. The highest BCUT2D eigenvalue weighted by atomic mass is 32.2. The van der Waals surface area contributed by atoms with Crippen molar-refractivity contribution in [3.05, 3.63) is 0 Å². The molecule has 134 valence electrons. The first-order valence-electron chi connectivity index (χ1n) is 7.47. The van der Waals surface area contributed by atoms with Crippen LogP contribution in [0.15, 0.2) is 0 Å². The Morgan fingerprint density at radius 1 is 1.26 bits per heavy atom. The summed E-state index contributed by atoms with van der Waals surface area (Å²) in [5, 5.41) is 14.3. The van der Waals surface area contributed by atoms with Crippen LogP contribution in [-0.2, 0) is 14.4 Å². The topological polar surface area (TPSA) is 122 Å². The first-order valence-corrected chi connectivity index (χ1v) is 9.49. The number of carboxylic acid groups (broad SMARTS) is 1. The quantitative estimate of drug-likeness (QED) is 0.331. The van der Waals surface area contributed by atoms with Gasteiger partial charge in [-0.05, 0) is 24.3 Å². The Kier molecular flexibility index (Phi) is 11.1. The van der Waals surface area contributed by atoms with E-state index < -0.39 is 35.9 Å². The third-order valence-corrected chi connectivity index (χ3v) is 4.59. The van der Waals surface area contributed by atoms with Crippen LogP contribution in [0, 0.1) is 5.92 Å². The molecule has 0 saturated heterocycles. The summed E-state index contributed by atoms with van der Waals surface area (Å²) >= 11 is 5.46. The molecule has 23 heavy (non-hydrogen) atoms. The summed E-state index contributed by atoms with van der Waals surface area (Å²) in [4.78, 5) is 35.6. The second kappa shape index (κ2) is 11.6. The lowest BCUT2D eigenvalue weighted by Crippen LogP contribution is -2.57. The van der Waals surface area contributed by atoms with E-state index >= 15 is 0 Å². The Labute approximate surface area is 146 Å². The smallest absolute Gasteiger partial charge is 0.326 e. The number of nitrogens with two attached hydrogens (primary N) is 1. The molecule has 0 aliphatic rings. The fourth-order valence-corrected chi connectivity index (χ4v) is 2.44. The molecule has 0 saturated carbocycles. The third kappa shape index (κ3) is 7.94. The highest BCUT2D eigenvalue weighted by molar-refractivity contribution is 7.98. The van der Waals surface area contributed by atoms with Crippen molar-refractivity contribution in [3.63, 3.8) is 0 Å². The first-order chi connectivity index (χ1) is 10.8. The predicted molar refractivity (Wildman–Crippen MR) is 95.8 cm³/mol. The number of hydrogen-bond acceptors (Lipinski definition) is 6. The molecule has 2 amide bonds. The molecule has 0 aromatic rings. The number of amides is 2. The number of aliphatic carboxylic acids is 1. The summed E-state index contributed by atoms with van der Waals surface area (Å²) in [5.74, 6) is -1.45. The summed E-state index contributed by atoms with van der Waals surface area (Å²) in [6, 6.07) is -2.61. The van der Waals surface area contributed by atoms with Crippen LogP contribution in [0.1, 0.15) is 26.7 Å². The number of carbonyl (C=O) groups is 3. The summed E-state index contributed by atoms with van der Waals surface area (Å²) in [5.41, 5.74) is 5.60. The van der Waals surface area contributed by atoms with E-state index in [0.29, 0.717) is 18.6 Å². The minimum Gasteiger partial charge on any atom is -0.480 e. The fraction of sp³-hybridized carbons (Fsp3) is 0.786. The standard InChI is InChI=1S/C14H27N3O4S2/c1-4-8(2)11(17-12(18)9(15)7-22)13(19)16-10(14(20)21)5-6-23-3/h8-11,22H,4-7,15H2,1-3H3,(H,16,19)(H,17,18)(H,20,21)/t8-,9-,10-,11-/m0/s1. The molecule has 7 nitrogen and oxygen atoms in total. The van der Waals surface area contributed by atoms with Crippen LogP contribution in [0.4, 0.5) is 0 Å². The van der Waals surface area contributed by atoms with Crippen molar-refractivity contribution >= 4 is 42.2 Å². The van der Waals surface area contributed by atoms with Gasteiger partial charge in [-0.1, -0.05) is 20.3 Å². The van der Waals surface area contributed by atoms with E-state index in [1.807, 2.05) is 20.1 Å². The summed E-state index contributed by atoms with van der Waals surface area (Å²) < 4.78 is 0. The molecule has 0 aliphatic carbocycles. The van der Waals surface area contributed by atoms with Crippen molar-refractivity contribution in [2.75, 3.05) is 17.8 Å². The van der Waals surface area contributed by atoms with Crippen molar-refractivity contribution < 1.29 is 19.5 Å². The van der Waals surface area contributed by atoms with E-state index in [-0.39, 0.29) is 11.7 Å². The molecule has 0 aromatic carbocycles. The molecule has 0 rings (SSSR count). The summed E-state index contributed by atoms with van der Waals surface area (Å²) in [6.07, 6.45) is 2.83. The molecule has 4 atom stereocenters. The zero-order valence-electron chi connectivity index (χ0n) is 13.7. The van der Waals surface area contributed by atoms with Gasteiger partial charge in [0.25, 0.3) is 0 Å². The number of nitrogens with one attached hydrogen (secondary N) is 2. The molecule has 0 fully saturated rings. The Morgan fingerprint density at radius 2 is 1.87 bits per heavy atom. The van der Waals surface area contributed by atoms with E-state index in [0.717, 1.165) is 0 Å². The molecule has 0 spiro atoms. The predicted octanol–water partition coefficient (Wildman–Crippen LogP) is 0.0969. The van der Waals surface area contributed by atoms with Gasteiger partial charge in [-0.25, -0.2) is 4.79 Å². The maximum Gasteiger partial charge on any atom is 0.326 e. The molecule has 0 aliphatic heterocycles. The molecule has 0 unspecified atom stereocenters. The van der Waals surface area contributed by atoms with Crippen LogP contribution in [0.5, 0.6) is 0 Å². The molecule has 5 N–H and O–H groups in total. The van der Waals surface area contributed by atoms with Crippen molar-refractivity contribution in [3.8, 4) is 0 Å². The number of rotatable bonds is 11. The van der Waals surface area contributed by atoms with Gasteiger partial charge in [-0.2, -0.15) is 24.4 Å². The lowest BCUT2D eigenvalue weighted by Gasteiger charge is -2.26. The Balaban J connectivity index is 4.98. The average Bonchev–Trinajstić information content (AvgIpc) is 2.53. The zero-order chi connectivity index (χ0) is 18.0. The van der Waals surface area contributed by atoms with Gasteiger partial charge in [0.15, 0.2) is 0 Å². The molecule has 0 radical (unpaired) electrons. The maximum atomic E-state index is 12.4. The van der Waals surface area contributed by atoms with E-state index in [1.165, 1.54) is 11.8 Å². The van der Waals surface area contributed by atoms with Crippen LogP contribution < -0.4 is 16.4 Å². The minimum absolute atomic E-state index is 0.152. The SMILES string of the molecule is CC[C@H](C)[C@H](NC(=O)[C@@H](N)CS)C(=O)N[C@@H](CCSC)C(=O)O.